The van der Waals surface area contributed by atoms with E-state index >= 15 is 0 Å². The minimum absolute atomic E-state index is 0.164. The number of hydrogen-bond acceptors (Lipinski definition) is 3. The Balaban J connectivity index is 1.97. The molecule has 1 atom stereocenters. The second kappa shape index (κ2) is 6.87. The smallest absolute Gasteiger partial charge is 0.314 e. The van der Waals surface area contributed by atoms with Crippen LogP contribution >= 0.6 is 0 Å². The Morgan fingerprint density at radius 2 is 1.92 bits per heavy atom. The quantitative estimate of drug-likeness (QED) is 0.665. The average molecular weight is 349 g/mol. The van der Waals surface area contributed by atoms with E-state index in [1.807, 2.05) is 18.2 Å². The molecule has 2 heterocycles. The van der Waals surface area contributed by atoms with E-state index in [4.69, 9.17) is 9.47 Å². The minimum atomic E-state index is -0.239. The SMILES string of the molecule is COC(=O)C1CCCc2c(Cc3ccccc3)c3cccc(OC)n3c21. The van der Waals surface area contributed by atoms with Crippen molar-refractivity contribution >= 4 is 11.5 Å². The lowest BCUT2D eigenvalue weighted by molar-refractivity contribution is -0.142. The van der Waals surface area contributed by atoms with Crippen LogP contribution in [0, 0.1) is 0 Å². The van der Waals surface area contributed by atoms with Crippen molar-refractivity contribution in [1.29, 1.82) is 0 Å². The number of rotatable bonds is 4. The zero-order valence-electron chi connectivity index (χ0n) is 15.2. The van der Waals surface area contributed by atoms with Crippen LogP contribution in [-0.4, -0.2) is 24.6 Å². The molecule has 1 unspecified atom stereocenters. The zero-order valence-corrected chi connectivity index (χ0v) is 15.2. The predicted octanol–water partition coefficient (Wildman–Crippen LogP) is 4.13. The molecule has 3 aromatic rings. The van der Waals surface area contributed by atoms with Gasteiger partial charge in [-0.05, 0) is 54.5 Å². The van der Waals surface area contributed by atoms with Gasteiger partial charge in [0.25, 0.3) is 0 Å². The number of ether oxygens (including phenoxy) is 2. The first-order chi connectivity index (χ1) is 12.7. The summed E-state index contributed by atoms with van der Waals surface area (Å²) in [6.07, 6.45) is 3.64. The van der Waals surface area contributed by atoms with Crippen LogP contribution in [0.2, 0.25) is 0 Å². The van der Waals surface area contributed by atoms with Gasteiger partial charge in [-0.25, -0.2) is 0 Å². The lowest BCUT2D eigenvalue weighted by atomic mass is 9.85. The van der Waals surface area contributed by atoms with Crippen LogP contribution in [0.15, 0.2) is 48.5 Å². The van der Waals surface area contributed by atoms with Crippen molar-refractivity contribution in [2.45, 2.75) is 31.6 Å². The first kappa shape index (κ1) is 16.7. The third kappa shape index (κ3) is 2.66. The highest BCUT2D eigenvalue weighted by molar-refractivity contribution is 5.81. The molecule has 0 bridgehead atoms. The maximum absolute atomic E-state index is 12.5. The molecular weight excluding hydrogens is 326 g/mol. The zero-order chi connectivity index (χ0) is 18.1. The molecule has 4 heteroatoms. The van der Waals surface area contributed by atoms with Gasteiger partial charge in [-0.2, -0.15) is 0 Å². The number of esters is 1. The Labute approximate surface area is 153 Å². The number of aromatic nitrogens is 1. The second-order valence-electron chi connectivity index (χ2n) is 6.76. The van der Waals surface area contributed by atoms with Crippen molar-refractivity contribution in [2.24, 2.45) is 0 Å². The van der Waals surface area contributed by atoms with Gasteiger partial charge >= 0.3 is 5.97 Å². The summed E-state index contributed by atoms with van der Waals surface area (Å²) >= 11 is 0. The topological polar surface area (TPSA) is 39.9 Å². The molecule has 1 aliphatic rings. The van der Waals surface area contributed by atoms with Gasteiger partial charge in [-0.15, -0.1) is 0 Å². The number of fused-ring (bicyclic) bond motifs is 3. The van der Waals surface area contributed by atoms with E-state index < -0.39 is 0 Å². The van der Waals surface area contributed by atoms with E-state index in [1.165, 1.54) is 23.8 Å². The van der Waals surface area contributed by atoms with Gasteiger partial charge in [0.2, 0.25) is 0 Å². The highest BCUT2D eigenvalue weighted by Gasteiger charge is 2.34. The molecule has 0 N–H and O–H groups in total. The van der Waals surface area contributed by atoms with Gasteiger partial charge in [0.1, 0.15) is 0 Å². The number of carbonyl (C=O) groups is 1. The Morgan fingerprint density at radius 1 is 1.12 bits per heavy atom. The molecule has 134 valence electrons. The van der Waals surface area contributed by atoms with E-state index in [-0.39, 0.29) is 11.9 Å². The molecule has 0 saturated carbocycles. The van der Waals surface area contributed by atoms with E-state index in [9.17, 15) is 4.79 Å². The van der Waals surface area contributed by atoms with Crippen LogP contribution in [0.3, 0.4) is 0 Å². The monoisotopic (exact) mass is 349 g/mol. The minimum Gasteiger partial charge on any atom is -0.482 e. The summed E-state index contributed by atoms with van der Waals surface area (Å²) in [5.74, 6) is 0.355. The summed E-state index contributed by atoms with van der Waals surface area (Å²) in [6.45, 7) is 0. The molecule has 2 aromatic heterocycles. The molecule has 1 aromatic carbocycles. The molecule has 0 fully saturated rings. The van der Waals surface area contributed by atoms with Gasteiger partial charge in [0.05, 0.1) is 25.7 Å². The first-order valence-electron chi connectivity index (χ1n) is 9.05. The summed E-state index contributed by atoms with van der Waals surface area (Å²) in [7, 11) is 3.14. The van der Waals surface area contributed by atoms with E-state index in [0.717, 1.165) is 42.8 Å². The second-order valence-corrected chi connectivity index (χ2v) is 6.76. The summed E-state index contributed by atoms with van der Waals surface area (Å²) in [5, 5.41) is 0. The van der Waals surface area contributed by atoms with Crippen LogP contribution in [0.1, 0.15) is 41.1 Å². The standard InChI is InChI=1S/C22H23NO3/c1-25-20-13-7-12-19-18(14-15-8-4-3-5-9-15)16-10-6-11-17(22(24)26-2)21(16)23(19)20/h3-5,7-9,12-13,17H,6,10-11,14H2,1-2H3. The van der Waals surface area contributed by atoms with Gasteiger partial charge in [-0.1, -0.05) is 36.4 Å². The van der Waals surface area contributed by atoms with Crippen molar-refractivity contribution in [2.75, 3.05) is 14.2 Å². The van der Waals surface area contributed by atoms with Crippen molar-refractivity contribution in [3.8, 4) is 5.88 Å². The third-order valence-electron chi connectivity index (χ3n) is 5.35. The van der Waals surface area contributed by atoms with Gasteiger partial charge in [0.15, 0.2) is 5.88 Å². The Hall–Kier alpha value is -2.75. The maximum atomic E-state index is 12.5. The molecule has 0 spiro atoms. The van der Waals surface area contributed by atoms with Crippen molar-refractivity contribution < 1.29 is 14.3 Å². The molecule has 0 amide bonds. The Kier molecular flexibility index (Phi) is 4.41. The number of methoxy groups -OCH3 is 2. The van der Waals surface area contributed by atoms with Crippen LogP contribution in [0.4, 0.5) is 0 Å². The number of hydrogen-bond donors (Lipinski definition) is 0. The predicted molar refractivity (Wildman–Crippen MR) is 101 cm³/mol. The van der Waals surface area contributed by atoms with Crippen LogP contribution < -0.4 is 4.74 Å². The molecule has 0 radical (unpaired) electrons. The van der Waals surface area contributed by atoms with Crippen molar-refractivity contribution in [3.63, 3.8) is 0 Å². The lowest BCUT2D eigenvalue weighted by Crippen LogP contribution is -2.21. The Bertz CT molecular complexity index is 943. The summed E-state index contributed by atoms with van der Waals surface area (Å²) < 4.78 is 12.9. The number of nitrogens with zero attached hydrogens (tertiary/aromatic N) is 1. The fourth-order valence-corrected chi connectivity index (χ4v) is 4.21. The number of carbonyl (C=O) groups excluding carboxylic acids is 1. The summed E-state index contributed by atoms with van der Waals surface area (Å²) in [6, 6.07) is 16.5. The van der Waals surface area contributed by atoms with Crippen molar-refractivity contribution in [3.05, 3.63) is 70.9 Å². The lowest BCUT2D eigenvalue weighted by Gasteiger charge is -2.22. The van der Waals surface area contributed by atoms with Crippen LogP contribution in [-0.2, 0) is 22.4 Å². The molecular formula is C22H23NO3. The Morgan fingerprint density at radius 3 is 2.65 bits per heavy atom. The highest BCUT2D eigenvalue weighted by atomic mass is 16.5. The summed E-state index contributed by atoms with van der Waals surface area (Å²) in [5.41, 5.74) is 6.00. The normalized spacial score (nSPS) is 16.3. The molecule has 4 rings (SSSR count). The van der Waals surface area contributed by atoms with Crippen LogP contribution in [0.5, 0.6) is 5.88 Å². The summed E-state index contributed by atoms with van der Waals surface area (Å²) in [4.78, 5) is 12.5. The molecule has 1 aliphatic carbocycles. The molecule has 0 aliphatic heterocycles. The molecule has 26 heavy (non-hydrogen) atoms. The number of pyridine rings is 1. The molecule has 4 nitrogen and oxygen atoms in total. The van der Waals surface area contributed by atoms with Crippen molar-refractivity contribution in [1.82, 2.24) is 4.40 Å². The van der Waals surface area contributed by atoms with Gasteiger partial charge in [-0.3, -0.25) is 9.20 Å². The fraction of sp³-hybridized carbons (Fsp3) is 0.318. The van der Waals surface area contributed by atoms with Gasteiger partial charge < -0.3 is 9.47 Å². The van der Waals surface area contributed by atoms with Gasteiger partial charge in [0, 0.05) is 5.69 Å². The highest BCUT2D eigenvalue weighted by Crippen LogP contribution is 2.40. The largest absolute Gasteiger partial charge is 0.482 e. The van der Waals surface area contributed by atoms with E-state index in [2.05, 4.69) is 34.7 Å². The van der Waals surface area contributed by atoms with E-state index in [0.29, 0.717) is 0 Å². The molecule has 0 saturated heterocycles. The first-order valence-corrected chi connectivity index (χ1v) is 9.05. The van der Waals surface area contributed by atoms with Crippen LogP contribution in [0.25, 0.3) is 5.52 Å². The fourth-order valence-electron chi connectivity index (χ4n) is 4.21. The number of benzene rings is 1. The maximum Gasteiger partial charge on any atom is 0.314 e. The average Bonchev–Trinajstić information content (AvgIpc) is 3.02. The van der Waals surface area contributed by atoms with E-state index in [1.54, 1.807) is 7.11 Å². The third-order valence-corrected chi connectivity index (χ3v) is 5.35.